The average Bonchev–Trinajstić information content (AvgIpc) is 3.13. The van der Waals surface area contributed by atoms with Crippen molar-refractivity contribution in [3.8, 4) is 0 Å². The first kappa shape index (κ1) is 18.7. The lowest BCUT2D eigenvalue weighted by atomic mass is 10.0. The van der Waals surface area contributed by atoms with Crippen molar-refractivity contribution in [3.63, 3.8) is 0 Å². The van der Waals surface area contributed by atoms with E-state index in [0.29, 0.717) is 6.54 Å². The van der Waals surface area contributed by atoms with Gasteiger partial charge in [0, 0.05) is 26.0 Å². The molecular formula is C22H27N5. The molecule has 2 aromatic carbocycles. The van der Waals surface area contributed by atoms with Crippen molar-refractivity contribution in [3.05, 3.63) is 89.5 Å². The normalized spacial score (nSPS) is 12.6. The Bertz CT molecular complexity index is 882. The second-order valence-corrected chi connectivity index (χ2v) is 6.61. The molecule has 0 bridgehead atoms. The van der Waals surface area contributed by atoms with Crippen LogP contribution in [0.3, 0.4) is 0 Å². The Balaban J connectivity index is 1.61. The second-order valence-electron chi connectivity index (χ2n) is 6.61. The van der Waals surface area contributed by atoms with Gasteiger partial charge in [0.05, 0.1) is 12.6 Å². The van der Waals surface area contributed by atoms with Crippen LogP contribution in [0.4, 0.5) is 0 Å². The Labute approximate surface area is 161 Å². The molecule has 0 saturated carbocycles. The van der Waals surface area contributed by atoms with Crippen molar-refractivity contribution < 1.29 is 0 Å². The molecule has 0 fully saturated rings. The van der Waals surface area contributed by atoms with E-state index < -0.39 is 0 Å². The molecule has 3 rings (SSSR count). The van der Waals surface area contributed by atoms with Gasteiger partial charge in [-0.15, -0.1) is 0 Å². The van der Waals surface area contributed by atoms with E-state index in [2.05, 4.69) is 87.6 Å². The molecule has 3 aromatic rings. The molecule has 5 heteroatoms. The summed E-state index contributed by atoms with van der Waals surface area (Å²) in [5.74, 6) is 1.74. The maximum absolute atomic E-state index is 4.49. The number of imidazole rings is 1. The van der Waals surface area contributed by atoms with E-state index in [1.807, 2.05) is 18.5 Å². The van der Waals surface area contributed by atoms with Crippen LogP contribution < -0.4 is 10.6 Å². The van der Waals surface area contributed by atoms with Gasteiger partial charge in [-0.25, -0.2) is 4.98 Å². The predicted octanol–water partition coefficient (Wildman–Crippen LogP) is 3.67. The molecule has 0 aliphatic heterocycles. The first-order valence-electron chi connectivity index (χ1n) is 9.24. The van der Waals surface area contributed by atoms with Crippen LogP contribution in [-0.2, 0) is 13.1 Å². The summed E-state index contributed by atoms with van der Waals surface area (Å²) in [6, 6.07) is 19.0. The summed E-state index contributed by atoms with van der Waals surface area (Å²) in [5.41, 5.74) is 3.80. The van der Waals surface area contributed by atoms with Gasteiger partial charge in [0.15, 0.2) is 5.96 Å². The molecule has 1 atom stereocenters. The number of aryl methyl sites for hydroxylation is 1. The van der Waals surface area contributed by atoms with E-state index in [1.54, 1.807) is 7.05 Å². The van der Waals surface area contributed by atoms with Crippen molar-refractivity contribution in [2.24, 2.45) is 4.99 Å². The van der Waals surface area contributed by atoms with Crippen LogP contribution in [0.2, 0.25) is 0 Å². The maximum atomic E-state index is 4.49. The van der Waals surface area contributed by atoms with Gasteiger partial charge in [-0.1, -0.05) is 54.6 Å². The summed E-state index contributed by atoms with van der Waals surface area (Å²) in [7, 11) is 1.79. The summed E-state index contributed by atoms with van der Waals surface area (Å²) in [6.07, 6.45) is 3.85. The summed E-state index contributed by atoms with van der Waals surface area (Å²) >= 11 is 0. The number of hydrogen-bond acceptors (Lipinski definition) is 2. The minimum absolute atomic E-state index is 0.168. The van der Waals surface area contributed by atoms with Crippen LogP contribution in [-0.4, -0.2) is 22.6 Å². The first-order chi connectivity index (χ1) is 13.2. The fourth-order valence-electron chi connectivity index (χ4n) is 3.14. The minimum Gasteiger partial charge on any atom is -0.350 e. The van der Waals surface area contributed by atoms with Crippen molar-refractivity contribution in [1.29, 1.82) is 0 Å². The molecule has 1 unspecified atom stereocenters. The summed E-state index contributed by atoms with van der Waals surface area (Å²) in [6.45, 7) is 5.69. The van der Waals surface area contributed by atoms with Crippen LogP contribution in [0.15, 0.2) is 72.0 Å². The SMILES string of the molecule is CN=C(NCc1nccn1Cc1ccccc1)NC(C)c1ccccc1C. The van der Waals surface area contributed by atoms with Gasteiger partial charge in [-0.05, 0) is 30.5 Å². The lowest BCUT2D eigenvalue weighted by Crippen LogP contribution is -2.39. The predicted molar refractivity (Wildman–Crippen MR) is 111 cm³/mol. The molecule has 0 spiro atoms. The third kappa shape index (κ3) is 4.97. The Hall–Kier alpha value is -3.08. The second kappa shape index (κ2) is 9.03. The number of aliphatic imine (C=N–C) groups is 1. The zero-order valence-corrected chi connectivity index (χ0v) is 16.2. The van der Waals surface area contributed by atoms with Crippen molar-refractivity contribution in [1.82, 2.24) is 20.2 Å². The van der Waals surface area contributed by atoms with Crippen LogP contribution in [0.1, 0.15) is 35.5 Å². The number of guanidine groups is 1. The van der Waals surface area contributed by atoms with Gasteiger partial charge in [0.25, 0.3) is 0 Å². The number of benzene rings is 2. The van der Waals surface area contributed by atoms with E-state index in [0.717, 1.165) is 18.3 Å². The van der Waals surface area contributed by atoms with Crippen molar-refractivity contribution >= 4 is 5.96 Å². The molecule has 5 nitrogen and oxygen atoms in total. The van der Waals surface area contributed by atoms with E-state index in [9.17, 15) is 0 Å². The highest BCUT2D eigenvalue weighted by molar-refractivity contribution is 5.80. The van der Waals surface area contributed by atoms with Gasteiger partial charge >= 0.3 is 0 Å². The molecule has 0 saturated heterocycles. The standard InChI is InChI=1S/C22H27N5/c1-17-9-7-8-12-20(17)18(2)26-22(23-3)25-15-21-24-13-14-27(21)16-19-10-5-4-6-11-19/h4-14,18H,15-16H2,1-3H3,(H2,23,25,26). The van der Waals surface area contributed by atoms with Gasteiger partial charge in [0.2, 0.25) is 0 Å². The molecule has 0 aliphatic carbocycles. The fourth-order valence-corrected chi connectivity index (χ4v) is 3.14. The van der Waals surface area contributed by atoms with E-state index >= 15 is 0 Å². The highest BCUT2D eigenvalue weighted by atomic mass is 15.2. The zero-order chi connectivity index (χ0) is 19.1. The van der Waals surface area contributed by atoms with Gasteiger partial charge in [-0.3, -0.25) is 4.99 Å². The lowest BCUT2D eigenvalue weighted by molar-refractivity contribution is 0.656. The largest absolute Gasteiger partial charge is 0.350 e. The van der Waals surface area contributed by atoms with Crippen LogP contribution >= 0.6 is 0 Å². The average molecular weight is 361 g/mol. The number of nitrogens with one attached hydrogen (secondary N) is 2. The topological polar surface area (TPSA) is 54.2 Å². The Morgan fingerprint density at radius 2 is 1.85 bits per heavy atom. The molecule has 2 N–H and O–H groups in total. The number of hydrogen-bond donors (Lipinski definition) is 2. The maximum Gasteiger partial charge on any atom is 0.191 e. The van der Waals surface area contributed by atoms with Crippen LogP contribution in [0.5, 0.6) is 0 Å². The third-order valence-electron chi connectivity index (χ3n) is 4.64. The molecule has 1 heterocycles. The summed E-state index contributed by atoms with van der Waals surface area (Å²) in [5, 5.41) is 6.83. The Kier molecular flexibility index (Phi) is 6.26. The Morgan fingerprint density at radius 1 is 1.11 bits per heavy atom. The highest BCUT2D eigenvalue weighted by Crippen LogP contribution is 2.16. The number of nitrogens with zero attached hydrogens (tertiary/aromatic N) is 3. The molecule has 0 aliphatic rings. The molecule has 0 amide bonds. The van der Waals surface area contributed by atoms with E-state index in [1.165, 1.54) is 16.7 Å². The molecular weight excluding hydrogens is 334 g/mol. The zero-order valence-electron chi connectivity index (χ0n) is 16.2. The summed E-state index contributed by atoms with van der Waals surface area (Å²) in [4.78, 5) is 8.84. The third-order valence-corrected chi connectivity index (χ3v) is 4.64. The van der Waals surface area contributed by atoms with Gasteiger partial charge < -0.3 is 15.2 Å². The van der Waals surface area contributed by atoms with Crippen molar-refractivity contribution in [2.45, 2.75) is 33.0 Å². The molecule has 27 heavy (non-hydrogen) atoms. The van der Waals surface area contributed by atoms with Crippen molar-refractivity contribution in [2.75, 3.05) is 7.05 Å². The lowest BCUT2D eigenvalue weighted by Gasteiger charge is -2.20. The van der Waals surface area contributed by atoms with Crippen LogP contribution in [0, 0.1) is 6.92 Å². The van der Waals surface area contributed by atoms with E-state index in [4.69, 9.17) is 0 Å². The highest BCUT2D eigenvalue weighted by Gasteiger charge is 2.11. The Morgan fingerprint density at radius 3 is 2.59 bits per heavy atom. The van der Waals surface area contributed by atoms with Gasteiger partial charge in [0.1, 0.15) is 5.82 Å². The molecule has 140 valence electrons. The molecule has 1 aromatic heterocycles. The smallest absolute Gasteiger partial charge is 0.191 e. The monoisotopic (exact) mass is 361 g/mol. The van der Waals surface area contributed by atoms with Crippen LogP contribution in [0.25, 0.3) is 0 Å². The van der Waals surface area contributed by atoms with E-state index in [-0.39, 0.29) is 6.04 Å². The summed E-state index contributed by atoms with van der Waals surface area (Å²) < 4.78 is 2.15. The number of rotatable bonds is 6. The fraction of sp³-hybridized carbons (Fsp3) is 0.273. The minimum atomic E-state index is 0.168. The molecule has 0 radical (unpaired) electrons. The van der Waals surface area contributed by atoms with Gasteiger partial charge in [-0.2, -0.15) is 0 Å². The quantitative estimate of drug-likeness (QED) is 0.520. The number of aromatic nitrogens is 2. The first-order valence-corrected chi connectivity index (χ1v) is 9.24.